The molecule has 3 aliphatic rings. The zero-order valence-corrected chi connectivity index (χ0v) is 21.8. The number of pyridine rings is 1. The van der Waals surface area contributed by atoms with Gasteiger partial charge in [0, 0.05) is 23.7 Å². The molecule has 3 aromatic rings. The van der Waals surface area contributed by atoms with Crippen molar-refractivity contribution in [3.8, 4) is 0 Å². The van der Waals surface area contributed by atoms with Crippen molar-refractivity contribution in [2.24, 2.45) is 17.8 Å². The SMILES string of the molecule is C=C[C@H]1CN2CC[C@@H]1C[C@H]2[C@H](OC(=O)[C@H](C)c1ccc(CC(C)C)cc1)c1ccnc2ccccc12. The van der Waals surface area contributed by atoms with Gasteiger partial charge < -0.3 is 4.74 Å². The second kappa shape index (κ2) is 10.6. The van der Waals surface area contributed by atoms with Gasteiger partial charge in [0.05, 0.1) is 17.5 Å². The molecule has 0 aliphatic carbocycles. The first-order chi connectivity index (χ1) is 17.4. The van der Waals surface area contributed by atoms with Crippen LogP contribution in [0.4, 0.5) is 0 Å². The van der Waals surface area contributed by atoms with Crippen LogP contribution < -0.4 is 0 Å². The van der Waals surface area contributed by atoms with E-state index in [0.29, 0.717) is 17.8 Å². The van der Waals surface area contributed by atoms with Crippen molar-refractivity contribution >= 4 is 16.9 Å². The molecule has 3 fully saturated rings. The fourth-order valence-corrected chi connectivity index (χ4v) is 6.18. The average Bonchev–Trinajstić information content (AvgIpc) is 2.91. The minimum absolute atomic E-state index is 0.162. The molecule has 4 nitrogen and oxygen atoms in total. The van der Waals surface area contributed by atoms with Crippen LogP contribution >= 0.6 is 0 Å². The van der Waals surface area contributed by atoms with E-state index < -0.39 is 0 Å². The predicted octanol–water partition coefficient (Wildman–Crippen LogP) is 6.72. The number of fused-ring (bicyclic) bond motifs is 4. The Balaban J connectivity index is 1.44. The lowest BCUT2D eigenvalue weighted by atomic mass is 9.73. The summed E-state index contributed by atoms with van der Waals surface area (Å²) in [6, 6.07) is 18.8. The Morgan fingerprint density at radius 1 is 1.14 bits per heavy atom. The Kier molecular flexibility index (Phi) is 7.25. The Labute approximate surface area is 215 Å². The molecular formula is C32H38N2O2. The molecule has 1 aromatic heterocycles. The zero-order chi connectivity index (χ0) is 25.2. The third-order valence-corrected chi connectivity index (χ3v) is 8.21. The minimum atomic E-state index is -0.332. The standard InChI is InChI=1S/C32H38N2O2/c1-5-24-20-34-17-15-26(24)19-30(34)31(28-14-16-33-29-9-7-6-8-27(28)29)36-32(35)22(4)25-12-10-23(11-13-25)18-21(2)3/h5-14,16,21-22,24,26,30-31H,1,15,17-20H2,2-4H3/t22-,24+,26-,30+,31-/m1/s1. The minimum Gasteiger partial charge on any atom is -0.455 e. The van der Waals surface area contributed by atoms with Crippen molar-refractivity contribution in [3.63, 3.8) is 0 Å². The fourth-order valence-electron chi connectivity index (χ4n) is 6.18. The Hall–Kier alpha value is -2.98. The van der Waals surface area contributed by atoms with Crippen molar-refractivity contribution in [3.05, 3.63) is 90.1 Å². The summed E-state index contributed by atoms with van der Waals surface area (Å²) >= 11 is 0. The highest BCUT2D eigenvalue weighted by Crippen LogP contribution is 2.43. The van der Waals surface area contributed by atoms with Gasteiger partial charge in [-0.05, 0) is 73.7 Å². The van der Waals surface area contributed by atoms with E-state index >= 15 is 0 Å². The van der Waals surface area contributed by atoms with E-state index in [1.54, 1.807) is 0 Å². The fraction of sp³-hybridized carbons (Fsp3) is 0.438. The largest absolute Gasteiger partial charge is 0.455 e. The van der Waals surface area contributed by atoms with Crippen LogP contribution in [0.25, 0.3) is 10.9 Å². The smallest absolute Gasteiger partial charge is 0.313 e. The van der Waals surface area contributed by atoms with Crippen molar-refractivity contribution < 1.29 is 9.53 Å². The van der Waals surface area contributed by atoms with Crippen molar-refractivity contribution in [1.29, 1.82) is 0 Å². The van der Waals surface area contributed by atoms with Crippen molar-refractivity contribution in [1.82, 2.24) is 9.88 Å². The van der Waals surface area contributed by atoms with Gasteiger partial charge in [0.2, 0.25) is 0 Å². The Morgan fingerprint density at radius 2 is 1.92 bits per heavy atom. The van der Waals surface area contributed by atoms with Crippen LogP contribution in [0.3, 0.4) is 0 Å². The van der Waals surface area contributed by atoms with Crippen LogP contribution in [-0.2, 0) is 16.0 Å². The maximum Gasteiger partial charge on any atom is 0.313 e. The second-order valence-electron chi connectivity index (χ2n) is 11.1. The number of ether oxygens (including phenoxy) is 1. The highest BCUT2D eigenvalue weighted by atomic mass is 16.5. The molecule has 1 unspecified atom stereocenters. The number of carbonyl (C=O) groups excluding carboxylic acids is 1. The van der Waals surface area contributed by atoms with Gasteiger partial charge >= 0.3 is 5.97 Å². The molecule has 188 valence electrons. The summed E-state index contributed by atoms with van der Waals surface area (Å²) in [6.45, 7) is 12.5. The first kappa shape index (κ1) is 24.7. The van der Waals surface area contributed by atoms with Crippen LogP contribution in [0.5, 0.6) is 0 Å². The summed E-state index contributed by atoms with van der Waals surface area (Å²) in [5.74, 6) is 1.23. The maximum absolute atomic E-state index is 13.6. The summed E-state index contributed by atoms with van der Waals surface area (Å²) in [4.78, 5) is 20.7. The van der Waals surface area contributed by atoms with Crippen molar-refractivity contribution in [2.45, 2.75) is 58.1 Å². The third-order valence-electron chi connectivity index (χ3n) is 8.21. The quantitative estimate of drug-likeness (QED) is 0.264. The predicted molar refractivity (Wildman–Crippen MR) is 146 cm³/mol. The molecule has 6 rings (SSSR count). The van der Waals surface area contributed by atoms with Crippen LogP contribution in [0.2, 0.25) is 0 Å². The second-order valence-corrected chi connectivity index (χ2v) is 11.1. The van der Waals surface area contributed by atoms with Gasteiger partial charge in [0.25, 0.3) is 0 Å². The summed E-state index contributed by atoms with van der Waals surface area (Å²) in [5, 5.41) is 1.06. The average molecular weight is 483 g/mol. The van der Waals surface area contributed by atoms with Crippen LogP contribution in [0, 0.1) is 17.8 Å². The van der Waals surface area contributed by atoms with E-state index in [-0.39, 0.29) is 24.0 Å². The molecule has 4 heterocycles. The molecular weight excluding hydrogens is 444 g/mol. The van der Waals surface area contributed by atoms with E-state index in [1.807, 2.05) is 37.4 Å². The molecule has 0 amide bonds. The summed E-state index contributed by atoms with van der Waals surface area (Å²) < 4.78 is 6.48. The highest BCUT2D eigenvalue weighted by molar-refractivity contribution is 5.83. The van der Waals surface area contributed by atoms with Gasteiger partial charge in [0.15, 0.2) is 0 Å². The van der Waals surface area contributed by atoms with E-state index in [9.17, 15) is 4.79 Å². The zero-order valence-electron chi connectivity index (χ0n) is 21.8. The third kappa shape index (κ3) is 4.97. The molecule has 2 aromatic carbocycles. The Morgan fingerprint density at radius 3 is 2.61 bits per heavy atom. The van der Waals surface area contributed by atoms with E-state index in [0.717, 1.165) is 48.0 Å². The molecule has 2 bridgehead atoms. The summed E-state index contributed by atoms with van der Waals surface area (Å²) in [7, 11) is 0. The van der Waals surface area contributed by atoms with Gasteiger partial charge in [-0.15, -0.1) is 6.58 Å². The van der Waals surface area contributed by atoms with Crippen molar-refractivity contribution in [2.75, 3.05) is 13.1 Å². The number of para-hydroxylation sites is 1. The first-order valence-electron chi connectivity index (χ1n) is 13.4. The van der Waals surface area contributed by atoms with E-state index in [4.69, 9.17) is 4.74 Å². The molecule has 0 N–H and O–H groups in total. The number of hydrogen-bond donors (Lipinski definition) is 0. The van der Waals surface area contributed by atoms with Crippen LogP contribution in [0.15, 0.2) is 73.4 Å². The number of carbonyl (C=O) groups is 1. The molecule has 36 heavy (non-hydrogen) atoms. The van der Waals surface area contributed by atoms with Gasteiger partial charge in [-0.2, -0.15) is 0 Å². The van der Waals surface area contributed by atoms with Gasteiger partial charge in [-0.3, -0.25) is 14.7 Å². The van der Waals surface area contributed by atoms with Gasteiger partial charge in [0.1, 0.15) is 6.10 Å². The number of aromatic nitrogens is 1. The normalized spacial score (nSPS) is 25.0. The molecule has 4 heteroatoms. The molecule has 0 saturated carbocycles. The lowest BCUT2D eigenvalue weighted by Gasteiger charge is -2.51. The number of nitrogens with zero attached hydrogens (tertiary/aromatic N) is 2. The molecule has 3 saturated heterocycles. The molecule has 0 radical (unpaired) electrons. The number of hydrogen-bond acceptors (Lipinski definition) is 4. The van der Waals surface area contributed by atoms with Crippen LogP contribution in [0.1, 0.15) is 62.3 Å². The van der Waals surface area contributed by atoms with Gasteiger partial charge in [-0.25, -0.2) is 0 Å². The highest BCUT2D eigenvalue weighted by Gasteiger charge is 2.44. The van der Waals surface area contributed by atoms with E-state index in [2.05, 4.69) is 66.7 Å². The summed E-state index contributed by atoms with van der Waals surface area (Å²) in [5.41, 5.74) is 4.30. The number of piperidine rings is 3. The first-order valence-corrected chi connectivity index (χ1v) is 13.4. The Bertz CT molecular complexity index is 1210. The van der Waals surface area contributed by atoms with E-state index in [1.165, 1.54) is 12.0 Å². The topological polar surface area (TPSA) is 42.4 Å². The summed E-state index contributed by atoms with van der Waals surface area (Å²) in [6.07, 6.45) is 6.87. The molecule has 0 spiro atoms. The monoisotopic (exact) mass is 482 g/mol. The molecule has 6 atom stereocenters. The number of esters is 1. The maximum atomic E-state index is 13.6. The number of benzene rings is 2. The van der Waals surface area contributed by atoms with Gasteiger partial charge in [-0.1, -0.05) is 62.4 Å². The lowest BCUT2D eigenvalue weighted by Crippen LogP contribution is -2.55. The van der Waals surface area contributed by atoms with Crippen LogP contribution in [-0.4, -0.2) is 35.0 Å². The molecule has 3 aliphatic heterocycles. The number of rotatable bonds is 8. The lowest BCUT2D eigenvalue weighted by molar-refractivity contribution is -0.158.